The van der Waals surface area contributed by atoms with Crippen LogP contribution >= 0.6 is 11.3 Å². The van der Waals surface area contributed by atoms with Crippen molar-refractivity contribution >= 4 is 38.4 Å². The van der Waals surface area contributed by atoms with Crippen LogP contribution in [0.25, 0.3) is 32.4 Å². The van der Waals surface area contributed by atoms with Gasteiger partial charge in [0.15, 0.2) is 0 Å². The quantitative estimate of drug-likeness (QED) is 0.398. The molecule has 0 saturated carbocycles. The molecule has 0 amide bonds. The minimum atomic E-state index is -0.949. The number of para-hydroxylation sites is 1. The van der Waals surface area contributed by atoms with Gasteiger partial charge in [-0.2, -0.15) is 0 Å². The van der Waals surface area contributed by atoms with Crippen molar-refractivity contribution < 1.29 is 14.3 Å². The fourth-order valence-electron chi connectivity index (χ4n) is 3.94. The Labute approximate surface area is 175 Å². The van der Waals surface area contributed by atoms with Crippen LogP contribution in [0.4, 0.5) is 4.39 Å². The zero-order valence-corrected chi connectivity index (χ0v) is 16.7. The van der Waals surface area contributed by atoms with E-state index in [1.807, 2.05) is 54.6 Å². The number of benzene rings is 3. The second kappa shape index (κ2) is 7.39. The van der Waals surface area contributed by atoms with Crippen LogP contribution in [0.1, 0.15) is 10.6 Å². The van der Waals surface area contributed by atoms with Gasteiger partial charge in [0.2, 0.25) is 0 Å². The normalized spacial score (nSPS) is 11.4. The van der Waals surface area contributed by atoms with Crippen molar-refractivity contribution in [1.29, 1.82) is 0 Å². The molecule has 30 heavy (non-hydrogen) atoms. The van der Waals surface area contributed by atoms with Gasteiger partial charge in [-0.05, 0) is 41.5 Å². The van der Waals surface area contributed by atoms with E-state index in [4.69, 9.17) is 4.98 Å². The van der Waals surface area contributed by atoms with Gasteiger partial charge < -0.3 is 9.67 Å². The lowest BCUT2D eigenvalue weighted by atomic mass is 10.0. The van der Waals surface area contributed by atoms with Crippen LogP contribution in [0, 0.1) is 5.82 Å². The highest BCUT2D eigenvalue weighted by Gasteiger charge is 2.22. The van der Waals surface area contributed by atoms with E-state index >= 15 is 0 Å². The molecule has 0 atom stereocenters. The van der Waals surface area contributed by atoms with Gasteiger partial charge in [-0.3, -0.25) is 4.79 Å². The smallest absolute Gasteiger partial charge is 0.307 e. The third-order valence-corrected chi connectivity index (χ3v) is 6.16. The Kier molecular flexibility index (Phi) is 4.56. The molecular weight excluding hydrogens is 399 g/mol. The van der Waals surface area contributed by atoms with E-state index in [2.05, 4.69) is 4.57 Å². The summed E-state index contributed by atoms with van der Waals surface area (Å²) in [6.45, 7) is 0.478. The van der Waals surface area contributed by atoms with Crippen LogP contribution in [0.15, 0.2) is 72.8 Å². The maximum absolute atomic E-state index is 14.1. The highest BCUT2D eigenvalue weighted by molar-refractivity contribution is 7.18. The fraction of sp³-hybridized carbons (Fsp3) is 0.0833. The highest BCUT2D eigenvalue weighted by Crippen LogP contribution is 2.36. The Morgan fingerprint density at radius 2 is 1.80 bits per heavy atom. The first-order valence-corrected chi connectivity index (χ1v) is 10.3. The molecule has 6 heteroatoms. The predicted octanol–water partition coefficient (Wildman–Crippen LogP) is 5.73. The molecule has 0 fully saturated rings. The Morgan fingerprint density at radius 3 is 2.57 bits per heavy atom. The number of aliphatic carboxylic acids is 1. The molecule has 5 aromatic rings. The first kappa shape index (κ1) is 18.5. The Morgan fingerprint density at radius 1 is 1.03 bits per heavy atom. The molecule has 0 saturated heterocycles. The molecule has 0 bridgehead atoms. The molecule has 1 N–H and O–H groups in total. The van der Waals surface area contributed by atoms with Crippen molar-refractivity contribution in [3.8, 4) is 11.3 Å². The van der Waals surface area contributed by atoms with E-state index < -0.39 is 5.97 Å². The van der Waals surface area contributed by atoms with E-state index in [9.17, 15) is 14.3 Å². The maximum atomic E-state index is 14.1. The average Bonchev–Trinajstić information content (AvgIpc) is 3.27. The number of carboxylic acids is 1. The summed E-state index contributed by atoms with van der Waals surface area (Å²) in [4.78, 5) is 16.4. The number of thiazole rings is 1. The molecule has 0 aliphatic heterocycles. The second-order valence-corrected chi connectivity index (χ2v) is 8.20. The molecule has 0 radical (unpaired) electrons. The summed E-state index contributed by atoms with van der Waals surface area (Å²) in [6.07, 6.45) is -0.184. The molecule has 2 aromatic heterocycles. The van der Waals surface area contributed by atoms with Gasteiger partial charge in [-0.15, -0.1) is 11.3 Å². The number of fused-ring (bicyclic) bond motifs is 2. The summed E-state index contributed by atoms with van der Waals surface area (Å²) < 4.78 is 17.3. The summed E-state index contributed by atoms with van der Waals surface area (Å²) in [5, 5.41) is 11.1. The number of aromatic nitrogens is 2. The zero-order chi connectivity index (χ0) is 20.7. The number of hydrogen-bond donors (Lipinski definition) is 1. The molecule has 0 aliphatic rings. The van der Waals surface area contributed by atoms with Crippen molar-refractivity contribution in [1.82, 2.24) is 9.55 Å². The third kappa shape index (κ3) is 3.25. The molecule has 0 spiro atoms. The van der Waals surface area contributed by atoms with Crippen molar-refractivity contribution in [2.75, 3.05) is 0 Å². The van der Waals surface area contributed by atoms with Gasteiger partial charge in [0.1, 0.15) is 10.8 Å². The van der Waals surface area contributed by atoms with Crippen LogP contribution in [0.3, 0.4) is 0 Å². The van der Waals surface area contributed by atoms with Crippen LogP contribution in [0.2, 0.25) is 0 Å². The van der Waals surface area contributed by atoms with Crippen LogP contribution < -0.4 is 0 Å². The molecule has 3 aromatic carbocycles. The van der Waals surface area contributed by atoms with Crippen molar-refractivity contribution in [2.24, 2.45) is 0 Å². The number of rotatable bonds is 5. The number of hydrogen-bond acceptors (Lipinski definition) is 3. The van der Waals surface area contributed by atoms with Crippen LogP contribution in [-0.2, 0) is 17.8 Å². The topological polar surface area (TPSA) is 55.1 Å². The SMILES string of the molecule is O=C(O)Cc1c(-c2ccccc2)n(Cc2nc3ccccc3s2)c2ccc(F)cc12. The molecule has 4 nitrogen and oxygen atoms in total. The van der Waals surface area contributed by atoms with Gasteiger partial charge in [-0.1, -0.05) is 42.5 Å². The summed E-state index contributed by atoms with van der Waals surface area (Å²) >= 11 is 1.61. The first-order valence-electron chi connectivity index (χ1n) is 9.52. The number of carbonyl (C=O) groups is 1. The Bertz CT molecular complexity index is 1360. The minimum Gasteiger partial charge on any atom is -0.481 e. The van der Waals surface area contributed by atoms with Crippen molar-refractivity contribution in [3.63, 3.8) is 0 Å². The summed E-state index contributed by atoms with van der Waals surface area (Å²) in [7, 11) is 0. The van der Waals surface area contributed by atoms with Crippen molar-refractivity contribution in [2.45, 2.75) is 13.0 Å². The monoisotopic (exact) mass is 416 g/mol. The lowest BCUT2D eigenvalue weighted by Gasteiger charge is -2.11. The van der Waals surface area contributed by atoms with Gasteiger partial charge in [-0.25, -0.2) is 9.37 Å². The Balaban J connectivity index is 1.77. The fourth-order valence-corrected chi connectivity index (χ4v) is 4.90. The van der Waals surface area contributed by atoms with Gasteiger partial charge in [0, 0.05) is 10.9 Å². The molecule has 5 rings (SSSR count). The van der Waals surface area contributed by atoms with Crippen LogP contribution in [-0.4, -0.2) is 20.6 Å². The van der Waals surface area contributed by atoms with E-state index in [0.29, 0.717) is 17.5 Å². The van der Waals surface area contributed by atoms with E-state index in [1.165, 1.54) is 12.1 Å². The summed E-state index contributed by atoms with van der Waals surface area (Å²) in [6, 6.07) is 22.2. The average molecular weight is 416 g/mol. The second-order valence-electron chi connectivity index (χ2n) is 7.09. The lowest BCUT2D eigenvalue weighted by Crippen LogP contribution is -2.05. The highest BCUT2D eigenvalue weighted by atomic mass is 32.1. The van der Waals surface area contributed by atoms with Gasteiger partial charge in [0.25, 0.3) is 0 Å². The molecule has 148 valence electrons. The van der Waals surface area contributed by atoms with Crippen LogP contribution in [0.5, 0.6) is 0 Å². The number of carboxylic acid groups (broad SMARTS) is 1. The zero-order valence-electron chi connectivity index (χ0n) is 15.9. The largest absolute Gasteiger partial charge is 0.481 e. The predicted molar refractivity (Wildman–Crippen MR) is 117 cm³/mol. The summed E-state index contributed by atoms with van der Waals surface area (Å²) in [5.74, 6) is -1.33. The molecular formula is C24H17FN2O2S. The lowest BCUT2D eigenvalue weighted by molar-refractivity contribution is -0.136. The standard InChI is InChI=1S/C24H17FN2O2S/c25-16-10-11-20-17(12-16)18(13-23(28)29)24(15-6-2-1-3-7-15)27(20)14-22-26-19-8-4-5-9-21(19)30-22/h1-12H,13-14H2,(H,28,29). The number of halogens is 1. The molecule has 0 unspecified atom stereocenters. The summed E-state index contributed by atoms with van der Waals surface area (Å²) in [5.41, 5.74) is 4.03. The van der Waals surface area contributed by atoms with E-state index in [0.717, 1.165) is 32.0 Å². The maximum Gasteiger partial charge on any atom is 0.307 e. The van der Waals surface area contributed by atoms with E-state index in [-0.39, 0.29) is 12.2 Å². The first-order chi connectivity index (χ1) is 14.6. The van der Waals surface area contributed by atoms with Gasteiger partial charge in [0.05, 0.1) is 28.9 Å². The van der Waals surface area contributed by atoms with E-state index in [1.54, 1.807) is 17.4 Å². The minimum absolute atomic E-state index is 0.184. The Hall–Kier alpha value is -3.51. The third-order valence-electron chi connectivity index (χ3n) is 5.14. The van der Waals surface area contributed by atoms with Gasteiger partial charge >= 0.3 is 5.97 Å². The van der Waals surface area contributed by atoms with Crippen molar-refractivity contribution in [3.05, 3.63) is 89.2 Å². The number of nitrogens with zero attached hydrogens (tertiary/aromatic N) is 2. The molecule has 0 aliphatic carbocycles. The molecule has 2 heterocycles.